The summed E-state index contributed by atoms with van der Waals surface area (Å²) in [5, 5.41) is 13.4. The van der Waals surface area contributed by atoms with Crippen LogP contribution in [0, 0.1) is 12.8 Å². The molecule has 0 aliphatic carbocycles. The molecule has 0 fully saturated rings. The van der Waals surface area contributed by atoms with Gasteiger partial charge in [0.15, 0.2) is 10.9 Å². The van der Waals surface area contributed by atoms with E-state index in [1.807, 2.05) is 67.6 Å². The molecule has 5 nitrogen and oxygen atoms in total. The number of halogens is 3. The average Bonchev–Trinajstić information content (AvgIpc) is 3.38. The van der Waals surface area contributed by atoms with Gasteiger partial charge in [-0.25, -0.2) is 4.98 Å². The third kappa shape index (κ3) is 6.86. The summed E-state index contributed by atoms with van der Waals surface area (Å²) in [6.07, 6.45) is -3.50. The number of alkyl halides is 3. The molecule has 4 aromatic carbocycles. The number of fused-ring (bicyclic) bond motifs is 1. The summed E-state index contributed by atoms with van der Waals surface area (Å²) in [6.45, 7) is 1.92. The molecule has 1 atom stereocenters. The summed E-state index contributed by atoms with van der Waals surface area (Å²) >= 11 is 1.15. The van der Waals surface area contributed by atoms with Gasteiger partial charge in [0.1, 0.15) is 0 Å². The number of aromatic nitrogens is 1. The fourth-order valence-electron chi connectivity index (χ4n) is 4.74. The molecule has 2 N–H and O–H groups in total. The predicted octanol–water partition coefficient (Wildman–Crippen LogP) is 8.94. The lowest BCUT2D eigenvalue weighted by Gasteiger charge is -2.12. The Morgan fingerprint density at radius 1 is 0.929 bits per heavy atom. The van der Waals surface area contributed by atoms with Crippen molar-refractivity contribution >= 4 is 44.1 Å². The summed E-state index contributed by atoms with van der Waals surface area (Å²) in [5.41, 5.74) is 4.78. The molecular formula is C33H27F3N2O3S. The molecule has 9 heteroatoms. The summed E-state index contributed by atoms with van der Waals surface area (Å²) in [7, 11) is 0. The van der Waals surface area contributed by atoms with E-state index in [1.165, 1.54) is 6.07 Å². The maximum Gasteiger partial charge on any atom is 0.416 e. The Morgan fingerprint density at radius 2 is 1.64 bits per heavy atom. The van der Waals surface area contributed by atoms with Crippen molar-refractivity contribution in [2.75, 3.05) is 5.32 Å². The second kappa shape index (κ2) is 12.2. The van der Waals surface area contributed by atoms with E-state index in [9.17, 15) is 27.9 Å². The lowest BCUT2D eigenvalue weighted by Crippen LogP contribution is -2.19. The minimum absolute atomic E-state index is 0.0652. The number of aryl methyl sites for hydroxylation is 2. The third-order valence-corrected chi connectivity index (χ3v) is 8.06. The van der Waals surface area contributed by atoms with E-state index in [1.54, 1.807) is 12.1 Å². The van der Waals surface area contributed by atoms with E-state index in [4.69, 9.17) is 0 Å². The van der Waals surface area contributed by atoms with Crippen LogP contribution in [0.4, 0.5) is 24.0 Å². The highest BCUT2D eigenvalue weighted by molar-refractivity contribution is 7.22. The second-order valence-corrected chi connectivity index (χ2v) is 11.1. The number of Topliss-reactive ketones (excluding diaryl/α,β-unsaturated/α-hetero) is 1. The summed E-state index contributed by atoms with van der Waals surface area (Å²) in [5.74, 6) is -1.95. The van der Waals surface area contributed by atoms with E-state index in [0.29, 0.717) is 33.8 Å². The maximum absolute atomic E-state index is 13.1. The first-order valence-corrected chi connectivity index (χ1v) is 14.1. The molecule has 214 valence electrons. The van der Waals surface area contributed by atoms with Gasteiger partial charge in [-0.15, -0.1) is 0 Å². The van der Waals surface area contributed by atoms with E-state index in [-0.39, 0.29) is 12.2 Å². The summed E-state index contributed by atoms with van der Waals surface area (Å²) < 4.78 is 39.6. The number of aliphatic carboxylic acids is 1. The van der Waals surface area contributed by atoms with Crippen molar-refractivity contribution < 1.29 is 27.9 Å². The quantitative estimate of drug-likeness (QED) is 0.159. The number of carbonyl (C=O) groups excluding carboxylic acids is 1. The lowest BCUT2D eigenvalue weighted by molar-refractivity contribution is -0.142. The molecule has 5 aromatic rings. The number of thiazole rings is 1. The van der Waals surface area contributed by atoms with Crippen LogP contribution in [0.2, 0.25) is 0 Å². The van der Waals surface area contributed by atoms with Gasteiger partial charge in [0.25, 0.3) is 0 Å². The van der Waals surface area contributed by atoms with Crippen molar-refractivity contribution in [3.05, 3.63) is 113 Å². The SMILES string of the molecule is Cc1cc(-c2ccc(C(=O)CC(CCc3ccccc3)C(=O)O)cc2)ccc1Nc1nc2ccc(C(F)(F)F)cc2s1. The highest BCUT2D eigenvalue weighted by atomic mass is 32.1. The topological polar surface area (TPSA) is 79.3 Å². The molecule has 0 aliphatic heterocycles. The largest absolute Gasteiger partial charge is 0.481 e. The Hall–Kier alpha value is -4.50. The highest BCUT2D eigenvalue weighted by Crippen LogP contribution is 2.36. The first-order chi connectivity index (χ1) is 20.1. The number of hydrogen-bond acceptors (Lipinski definition) is 5. The van der Waals surface area contributed by atoms with Crippen molar-refractivity contribution in [3.63, 3.8) is 0 Å². The number of anilines is 2. The molecule has 0 bridgehead atoms. The summed E-state index contributed by atoms with van der Waals surface area (Å²) in [6, 6.07) is 26.0. The van der Waals surface area contributed by atoms with Crippen LogP contribution in [0.5, 0.6) is 0 Å². The maximum atomic E-state index is 13.1. The molecule has 1 aromatic heterocycles. The van der Waals surface area contributed by atoms with Gasteiger partial charge in [0, 0.05) is 17.7 Å². The molecule has 0 radical (unpaired) electrons. The number of carboxylic acids is 1. The number of benzene rings is 4. The van der Waals surface area contributed by atoms with Crippen LogP contribution in [0.1, 0.15) is 39.9 Å². The van der Waals surface area contributed by atoms with Crippen molar-refractivity contribution in [3.8, 4) is 11.1 Å². The number of carbonyl (C=O) groups is 2. The number of hydrogen-bond donors (Lipinski definition) is 2. The summed E-state index contributed by atoms with van der Waals surface area (Å²) in [4.78, 5) is 29.1. The smallest absolute Gasteiger partial charge is 0.416 e. The highest BCUT2D eigenvalue weighted by Gasteiger charge is 2.30. The first-order valence-electron chi connectivity index (χ1n) is 13.3. The van der Waals surface area contributed by atoms with Crippen LogP contribution in [0.25, 0.3) is 21.3 Å². The fourth-order valence-corrected chi connectivity index (χ4v) is 5.66. The molecule has 0 saturated heterocycles. The number of nitrogens with zero attached hydrogens (tertiary/aromatic N) is 1. The van der Waals surface area contributed by atoms with Gasteiger partial charge >= 0.3 is 12.1 Å². The monoisotopic (exact) mass is 588 g/mol. The van der Waals surface area contributed by atoms with Crippen LogP contribution >= 0.6 is 11.3 Å². The molecule has 5 rings (SSSR count). The molecule has 42 heavy (non-hydrogen) atoms. The molecule has 0 aliphatic rings. The van der Waals surface area contributed by atoms with Gasteiger partial charge in [-0.1, -0.05) is 72.0 Å². The number of ketones is 1. The Balaban J connectivity index is 1.24. The van der Waals surface area contributed by atoms with Gasteiger partial charge in [-0.05, 0) is 72.4 Å². The van der Waals surface area contributed by atoms with Crippen molar-refractivity contribution in [2.24, 2.45) is 5.92 Å². The van der Waals surface area contributed by atoms with Crippen LogP contribution in [-0.4, -0.2) is 21.8 Å². The van der Waals surface area contributed by atoms with Crippen LogP contribution < -0.4 is 5.32 Å². The van der Waals surface area contributed by atoms with E-state index < -0.39 is 23.6 Å². The molecule has 1 heterocycles. The van der Waals surface area contributed by atoms with Crippen molar-refractivity contribution in [2.45, 2.75) is 32.4 Å². The van der Waals surface area contributed by atoms with E-state index in [0.717, 1.165) is 51.4 Å². The Kier molecular flexibility index (Phi) is 8.40. The second-order valence-electron chi connectivity index (χ2n) is 10.1. The average molecular weight is 589 g/mol. The Morgan fingerprint density at radius 3 is 2.31 bits per heavy atom. The van der Waals surface area contributed by atoms with Gasteiger partial charge in [-0.3, -0.25) is 9.59 Å². The number of rotatable bonds is 10. The standard InChI is InChI=1S/C33H27F3N2O3S/c1-20-17-24(13-15-27(20)37-32-38-28-16-14-26(33(34,35)36)19-30(28)42-32)22-9-11-23(12-10-22)29(39)18-25(31(40)41)8-7-21-5-3-2-4-6-21/h2-6,9-17,19,25H,7-8,18H2,1H3,(H,37,38)(H,40,41). The molecule has 0 spiro atoms. The zero-order valence-electron chi connectivity index (χ0n) is 22.6. The first kappa shape index (κ1) is 29.0. The van der Waals surface area contributed by atoms with Crippen molar-refractivity contribution in [1.82, 2.24) is 4.98 Å². The Labute approximate surface area is 244 Å². The molecule has 0 saturated carbocycles. The zero-order valence-corrected chi connectivity index (χ0v) is 23.4. The van der Waals surface area contributed by atoms with E-state index in [2.05, 4.69) is 10.3 Å². The predicted molar refractivity (Wildman–Crippen MR) is 159 cm³/mol. The van der Waals surface area contributed by atoms with Crippen LogP contribution in [0.15, 0.2) is 91.0 Å². The van der Waals surface area contributed by atoms with Gasteiger partial charge < -0.3 is 10.4 Å². The van der Waals surface area contributed by atoms with Gasteiger partial charge in [0.2, 0.25) is 0 Å². The van der Waals surface area contributed by atoms with Crippen LogP contribution in [0.3, 0.4) is 0 Å². The zero-order chi connectivity index (χ0) is 29.9. The van der Waals surface area contributed by atoms with Gasteiger partial charge in [0.05, 0.1) is 21.7 Å². The fraction of sp³-hybridized carbons (Fsp3) is 0.182. The van der Waals surface area contributed by atoms with Crippen LogP contribution in [-0.2, 0) is 17.4 Å². The lowest BCUT2D eigenvalue weighted by atomic mass is 9.92. The molecule has 0 amide bonds. The van der Waals surface area contributed by atoms with Gasteiger partial charge in [-0.2, -0.15) is 13.2 Å². The minimum atomic E-state index is -4.41. The molecule has 1 unspecified atom stereocenters. The normalized spacial score (nSPS) is 12.3. The number of nitrogens with one attached hydrogen (secondary N) is 1. The van der Waals surface area contributed by atoms with E-state index >= 15 is 0 Å². The minimum Gasteiger partial charge on any atom is -0.481 e. The Bertz CT molecular complexity index is 1730. The third-order valence-electron chi connectivity index (χ3n) is 7.13. The van der Waals surface area contributed by atoms with Crippen molar-refractivity contribution in [1.29, 1.82) is 0 Å². The molecular weight excluding hydrogens is 561 g/mol. The number of carboxylic acid groups (broad SMARTS) is 1.